The molecule has 0 heterocycles. The van der Waals surface area contributed by atoms with Gasteiger partial charge >= 0.3 is 0 Å². The summed E-state index contributed by atoms with van der Waals surface area (Å²) in [5, 5.41) is 0. The van der Waals surface area contributed by atoms with Crippen LogP contribution in [0.15, 0.2) is 12.2 Å². The molecule has 0 saturated heterocycles. The monoisotopic (exact) mass is 168 g/mol. The van der Waals surface area contributed by atoms with Crippen LogP contribution in [0.25, 0.3) is 0 Å². The molecule has 72 valence electrons. The third-order valence-electron chi connectivity index (χ3n) is 2.15. The molecule has 0 saturated carbocycles. The van der Waals surface area contributed by atoms with E-state index >= 15 is 0 Å². The van der Waals surface area contributed by atoms with Gasteiger partial charge in [0.1, 0.15) is 0 Å². The fourth-order valence-corrected chi connectivity index (χ4v) is 1.11. The van der Waals surface area contributed by atoms with Gasteiger partial charge in [0.15, 0.2) is 0 Å². The van der Waals surface area contributed by atoms with Crippen molar-refractivity contribution in [3.63, 3.8) is 0 Å². The van der Waals surface area contributed by atoms with E-state index in [0.29, 0.717) is 0 Å². The van der Waals surface area contributed by atoms with Crippen molar-refractivity contribution in [1.29, 1.82) is 0 Å². The molecule has 0 atom stereocenters. The Hall–Kier alpha value is -0.260. The fraction of sp³-hybridized carbons (Fsp3) is 0.833. The minimum Gasteiger partial charge on any atom is -0.0999 e. The van der Waals surface area contributed by atoms with E-state index in [1.807, 2.05) is 0 Å². The number of allylic oxidation sites excluding steroid dienone is 1. The van der Waals surface area contributed by atoms with Gasteiger partial charge in [0, 0.05) is 0 Å². The summed E-state index contributed by atoms with van der Waals surface area (Å²) in [5.41, 5.74) is 1.44. The zero-order valence-corrected chi connectivity index (χ0v) is 9.19. The third kappa shape index (κ3) is 7.84. The van der Waals surface area contributed by atoms with Gasteiger partial charge in [-0.3, -0.25) is 0 Å². The van der Waals surface area contributed by atoms with Crippen LogP contribution in [0.1, 0.15) is 53.4 Å². The molecule has 0 radical (unpaired) electrons. The molecule has 0 aliphatic carbocycles. The molecule has 0 aromatic heterocycles. The van der Waals surface area contributed by atoms with Crippen molar-refractivity contribution < 1.29 is 0 Å². The van der Waals surface area contributed by atoms with E-state index in [1.165, 1.54) is 31.3 Å². The average molecular weight is 168 g/mol. The smallest absolute Gasteiger partial charge is 0.0321 e. The standard InChI is InChI=1S/C12H24/c1-10(2)6-8-12(5)9-7-11(3)4/h10-11H,5-9H2,1-4H3. The molecule has 0 aliphatic rings. The first-order valence-corrected chi connectivity index (χ1v) is 5.19. The van der Waals surface area contributed by atoms with Crippen molar-refractivity contribution in [3.05, 3.63) is 12.2 Å². The van der Waals surface area contributed by atoms with Gasteiger partial charge in [-0.25, -0.2) is 0 Å². The molecule has 0 bridgehead atoms. The highest BCUT2D eigenvalue weighted by Gasteiger charge is 1.99. The van der Waals surface area contributed by atoms with E-state index in [9.17, 15) is 0 Å². The molecule has 0 unspecified atom stereocenters. The molecule has 0 nitrogen and oxygen atoms in total. The highest BCUT2D eigenvalue weighted by molar-refractivity contribution is 4.93. The van der Waals surface area contributed by atoms with E-state index in [4.69, 9.17) is 0 Å². The first-order valence-electron chi connectivity index (χ1n) is 5.19. The molecule has 0 amide bonds. The van der Waals surface area contributed by atoms with Crippen LogP contribution in [0, 0.1) is 11.8 Å². The van der Waals surface area contributed by atoms with Gasteiger partial charge in [-0.2, -0.15) is 0 Å². The van der Waals surface area contributed by atoms with Gasteiger partial charge in [-0.05, 0) is 37.5 Å². The minimum absolute atomic E-state index is 0.820. The lowest BCUT2D eigenvalue weighted by atomic mass is 9.98. The molecule has 0 rings (SSSR count). The summed E-state index contributed by atoms with van der Waals surface area (Å²) in [6.45, 7) is 13.2. The second kappa shape index (κ2) is 6.28. The van der Waals surface area contributed by atoms with Crippen LogP contribution in [0.3, 0.4) is 0 Å². The van der Waals surface area contributed by atoms with Crippen LogP contribution >= 0.6 is 0 Å². The van der Waals surface area contributed by atoms with Crippen molar-refractivity contribution in [1.82, 2.24) is 0 Å². The van der Waals surface area contributed by atoms with Crippen LogP contribution in [0.5, 0.6) is 0 Å². The summed E-state index contributed by atoms with van der Waals surface area (Å²) in [6.07, 6.45) is 5.06. The Morgan fingerprint density at radius 1 is 0.917 bits per heavy atom. The van der Waals surface area contributed by atoms with Crippen LogP contribution in [-0.4, -0.2) is 0 Å². The van der Waals surface area contributed by atoms with Crippen LogP contribution < -0.4 is 0 Å². The van der Waals surface area contributed by atoms with E-state index < -0.39 is 0 Å². The molecule has 0 heteroatoms. The SMILES string of the molecule is C=C(CCC(C)C)CCC(C)C. The Morgan fingerprint density at radius 2 is 1.25 bits per heavy atom. The average Bonchev–Trinajstić information content (AvgIpc) is 1.96. The lowest BCUT2D eigenvalue weighted by Gasteiger charge is -2.09. The highest BCUT2D eigenvalue weighted by atomic mass is 14.1. The van der Waals surface area contributed by atoms with Crippen molar-refractivity contribution in [2.24, 2.45) is 11.8 Å². The highest BCUT2D eigenvalue weighted by Crippen LogP contribution is 2.16. The second-order valence-corrected chi connectivity index (χ2v) is 4.62. The van der Waals surface area contributed by atoms with Crippen molar-refractivity contribution in [3.8, 4) is 0 Å². The van der Waals surface area contributed by atoms with Crippen LogP contribution in [0.2, 0.25) is 0 Å². The zero-order valence-electron chi connectivity index (χ0n) is 9.19. The normalized spacial score (nSPS) is 11.2. The Morgan fingerprint density at radius 3 is 1.50 bits per heavy atom. The Balaban J connectivity index is 3.34. The van der Waals surface area contributed by atoms with Crippen molar-refractivity contribution in [2.45, 2.75) is 53.4 Å². The summed E-state index contributed by atoms with van der Waals surface area (Å²) in [4.78, 5) is 0. The second-order valence-electron chi connectivity index (χ2n) is 4.62. The summed E-state index contributed by atoms with van der Waals surface area (Å²) >= 11 is 0. The summed E-state index contributed by atoms with van der Waals surface area (Å²) in [7, 11) is 0. The Bertz CT molecular complexity index is 106. The van der Waals surface area contributed by atoms with Gasteiger partial charge in [-0.1, -0.05) is 39.8 Å². The first kappa shape index (κ1) is 11.7. The van der Waals surface area contributed by atoms with Gasteiger partial charge in [0.2, 0.25) is 0 Å². The molecule has 0 N–H and O–H groups in total. The van der Waals surface area contributed by atoms with Gasteiger partial charge < -0.3 is 0 Å². The molecule has 0 aliphatic heterocycles. The number of hydrogen-bond acceptors (Lipinski definition) is 0. The maximum absolute atomic E-state index is 4.10. The maximum Gasteiger partial charge on any atom is -0.0321 e. The molecule has 0 aromatic carbocycles. The molecule has 0 aromatic rings. The van der Waals surface area contributed by atoms with Crippen LogP contribution in [-0.2, 0) is 0 Å². The Kier molecular flexibility index (Phi) is 6.14. The third-order valence-corrected chi connectivity index (χ3v) is 2.15. The van der Waals surface area contributed by atoms with Gasteiger partial charge in [0.05, 0.1) is 0 Å². The van der Waals surface area contributed by atoms with Crippen molar-refractivity contribution in [2.75, 3.05) is 0 Å². The maximum atomic E-state index is 4.10. The lowest BCUT2D eigenvalue weighted by molar-refractivity contribution is 0.546. The van der Waals surface area contributed by atoms with Gasteiger partial charge in [-0.15, -0.1) is 0 Å². The van der Waals surface area contributed by atoms with Crippen LogP contribution in [0.4, 0.5) is 0 Å². The number of rotatable bonds is 6. The molecular formula is C12H24. The quantitative estimate of drug-likeness (QED) is 0.515. The topological polar surface area (TPSA) is 0 Å². The van der Waals surface area contributed by atoms with E-state index in [2.05, 4.69) is 34.3 Å². The lowest BCUT2D eigenvalue weighted by Crippen LogP contribution is -1.92. The van der Waals surface area contributed by atoms with Gasteiger partial charge in [0.25, 0.3) is 0 Å². The predicted octanol–water partition coefficient (Wildman–Crippen LogP) is 4.42. The van der Waals surface area contributed by atoms with E-state index in [-0.39, 0.29) is 0 Å². The molecule has 0 spiro atoms. The molecule has 0 fully saturated rings. The largest absolute Gasteiger partial charge is 0.0999 e. The summed E-state index contributed by atoms with van der Waals surface area (Å²) < 4.78 is 0. The van der Waals surface area contributed by atoms with E-state index in [0.717, 1.165) is 11.8 Å². The first-order chi connectivity index (χ1) is 5.52. The molecule has 12 heavy (non-hydrogen) atoms. The fourth-order valence-electron chi connectivity index (χ4n) is 1.11. The van der Waals surface area contributed by atoms with E-state index in [1.54, 1.807) is 0 Å². The Labute approximate surface area is 78.1 Å². The molecular weight excluding hydrogens is 144 g/mol. The minimum atomic E-state index is 0.820. The predicted molar refractivity (Wildman–Crippen MR) is 57.3 cm³/mol. The summed E-state index contributed by atoms with van der Waals surface area (Å²) in [6, 6.07) is 0. The number of hydrogen-bond donors (Lipinski definition) is 0. The van der Waals surface area contributed by atoms with Crippen molar-refractivity contribution >= 4 is 0 Å². The zero-order chi connectivity index (χ0) is 9.56. The summed E-state index contributed by atoms with van der Waals surface area (Å²) in [5.74, 6) is 1.64.